The lowest BCUT2D eigenvalue weighted by atomic mass is 10.1. The van der Waals surface area contributed by atoms with Gasteiger partial charge < -0.3 is 24.7 Å². The Hall–Kier alpha value is -2.28. The normalized spacial score (nSPS) is 10.5. The standard InChI is InChI=1S/C14H20N2O5/c1-15(2)6-7-16(9-13(18)19)14(20)11-5-4-10(21-3)8-12(11)17/h4-5,8,17H,6-7,9H2,1-3H3,(H,18,19). The zero-order valence-electron chi connectivity index (χ0n) is 12.4. The van der Waals surface area contributed by atoms with Crippen LogP contribution in [0.2, 0.25) is 0 Å². The zero-order chi connectivity index (χ0) is 16.0. The Morgan fingerprint density at radius 2 is 1.90 bits per heavy atom. The number of carbonyl (C=O) groups excluding carboxylic acids is 1. The van der Waals surface area contributed by atoms with E-state index < -0.39 is 18.4 Å². The first-order valence-corrected chi connectivity index (χ1v) is 6.38. The van der Waals surface area contributed by atoms with E-state index in [0.29, 0.717) is 12.3 Å². The summed E-state index contributed by atoms with van der Waals surface area (Å²) in [5, 5.41) is 18.8. The topological polar surface area (TPSA) is 90.3 Å². The minimum atomic E-state index is -1.10. The molecule has 1 aromatic rings. The fraction of sp³-hybridized carbons (Fsp3) is 0.429. The van der Waals surface area contributed by atoms with Crippen LogP contribution in [0.5, 0.6) is 11.5 Å². The first kappa shape index (κ1) is 16.8. The van der Waals surface area contributed by atoms with E-state index in [1.54, 1.807) is 0 Å². The molecule has 0 aliphatic heterocycles. The number of aromatic hydroxyl groups is 1. The number of phenols is 1. The molecule has 0 aromatic heterocycles. The Morgan fingerprint density at radius 3 is 2.38 bits per heavy atom. The molecule has 0 saturated heterocycles. The van der Waals surface area contributed by atoms with Crippen molar-refractivity contribution in [2.24, 2.45) is 0 Å². The minimum Gasteiger partial charge on any atom is -0.507 e. The Kier molecular flexibility index (Phi) is 5.98. The molecule has 116 valence electrons. The van der Waals surface area contributed by atoms with Crippen LogP contribution in [0, 0.1) is 0 Å². The van der Waals surface area contributed by atoms with Crippen LogP contribution in [-0.4, -0.2) is 72.7 Å². The largest absolute Gasteiger partial charge is 0.507 e. The molecule has 1 amide bonds. The number of carboxylic acids is 1. The summed E-state index contributed by atoms with van der Waals surface area (Å²) in [4.78, 5) is 26.3. The molecule has 0 heterocycles. The van der Waals surface area contributed by atoms with Gasteiger partial charge in [0.1, 0.15) is 18.0 Å². The number of likely N-dealkylation sites (N-methyl/N-ethyl adjacent to an activating group) is 1. The average Bonchev–Trinajstić information content (AvgIpc) is 2.42. The van der Waals surface area contributed by atoms with Gasteiger partial charge in [0, 0.05) is 19.2 Å². The molecule has 1 rings (SSSR count). The van der Waals surface area contributed by atoms with Gasteiger partial charge in [-0.2, -0.15) is 0 Å². The maximum atomic E-state index is 12.4. The number of carboxylic acid groups (broad SMARTS) is 1. The molecule has 0 saturated carbocycles. The Morgan fingerprint density at radius 1 is 1.24 bits per heavy atom. The minimum absolute atomic E-state index is 0.0517. The third-order valence-electron chi connectivity index (χ3n) is 2.87. The van der Waals surface area contributed by atoms with Crippen molar-refractivity contribution in [1.29, 1.82) is 0 Å². The number of hydrogen-bond acceptors (Lipinski definition) is 5. The van der Waals surface area contributed by atoms with Crippen LogP contribution in [0.4, 0.5) is 0 Å². The zero-order valence-corrected chi connectivity index (χ0v) is 12.4. The third kappa shape index (κ3) is 4.96. The van der Waals surface area contributed by atoms with Crippen molar-refractivity contribution < 1.29 is 24.5 Å². The number of benzene rings is 1. The van der Waals surface area contributed by atoms with Gasteiger partial charge in [0.15, 0.2) is 0 Å². The molecule has 21 heavy (non-hydrogen) atoms. The smallest absolute Gasteiger partial charge is 0.323 e. The van der Waals surface area contributed by atoms with Gasteiger partial charge in [-0.05, 0) is 26.2 Å². The Balaban J connectivity index is 2.95. The van der Waals surface area contributed by atoms with Crippen LogP contribution >= 0.6 is 0 Å². The SMILES string of the molecule is COc1ccc(C(=O)N(CCN(C)C)CC(=O)O)c(O)c1. The molecule has 1 aromatic carbocycles. The van der Waals surface area contributed by atoms with E-state index in [2.05, 4.69) is 0 Å². The van der Waals surface area contributed by atoms with Gasteiger partial charge in [0.2, 0.25) is 0 Å². The van der Waals surface area contributed by atoms with Crippen molar-refractivity contribution in [2.45, 2.75) is 0 Å². The van der Waals surface area contributed by atoms with E-state index >= 15 is 0 Å². The predicted octanol–water partition coefficient (Wildman–Crippen LogP) is 0.489. The van der Waals surface area contributed by atoms with Crippen molar-refractivity contribution >= 4 is 11.9 Å². The molecule has 0 unspecified atom stereocenters. The molecule has 0 radical (unpaired) electrons. The highest BCUT2D eigenvalue weighted by Gasteiger charge is 2.21. The van der Waals surface area contributed by atoms with Crippen LogP contribution in [-0.2, 0) is 4.79 Å². The summed E-state index contributed by atoms with van der Waals surface area (Å²) in [6.45, 7) is 0.359. The lowest BCUT2D eigenvalue weighted by Crippen LogP contribution is -2.40. The number of hydrogen-bond donors (Lipinski definition) is 2. The first-order valence-electron chi connectivity index (χ1n) is 6.38. The summed E-state index contributed by atoms with van der Waals surface area (Å²) in [5.74, 6) is -1.45. The van der Waals surface area contributed by atoms with E-state index in [-0.39, 0.29) is 17.9 Å². The number of methoxy groups -OCH3 is 1. The van der Waals surface area contributed by atoms with Crippen molar-refractivity contribution in [3.63, 3.8) is 0 Å². The van der Waals surface area contributed by atoms with E-state index in [0.717, 1.165) is 0 Å². The summed E-state index contributed by atoms with van der Waals surface area (Å²) >= 11 is 0. The van der Waals surface area contributed by atoms with Gasteiger partial charge in [0.05, 0.1) is 12.7 Å². The van der Waals surface area contributed by atoms with Crippen LogP contribution in [0.25, 0.3) is 0 Å². The monoisotopic (exact) mass is 296 g/mol. The second-order valence-corrected chi connectivity index (χ2v) is 4.81. The molecule has 0 aliphatic carbocycles. The Labute approximate surface area is 123 Å². The van der Waals surface area contributed by atoms with Gasteiger partial charge >= 0.3 is 5.97 Å². The molecule has 7 heteroatoms. The molecule has 0 spiro atoms. The van der Waals surface area contributed by atoms with E-state index in [4.69, 9.17) is 9.84 Å². The maximum Gasteiger partial charge on any atom is 0.323 e. The van der Waals surface area contributed by atoms with Crippen LogP contribution in [0.15, 0.2) is 18.2 Å². The molecule has 0 atom stereocenters. The summed E-state index contributed by atoms with van der Waals surface area (Å²) in [5.41, 5.74) is 0.0517. The predicted molar refractivity (Wildman–Crippen MR) is 76.8 cm³/mol. The number of nitrogens with zero attached hydrogens (tertiary/aromatic N) is 2. The number of aliphatic carboxylic acids is 1. The van der Waals surface area contributed by atoms with E-state index in [9.17, 15) is 14.7 Å². The molecular weight excluding hydrogens is 276 g/mol. The van der Waals surface area contributed by atoms with Crippen molar-refractivity contribution in [3.05, 3.63) is 23.8 Å². The van der Waals surface area contributed by atoms with Gasteiger partial charge in [-0.25, -0.2) is 0 Å². The van der Waals surface area contributed by atoms with Gasteiger partial charge in [-0.15, -0.1) is 0 Å². The summed E-state index contributed by atoms with van der Waals surface area (Å²) in [6.07, 6.45) is 0. The average molecular weight is 296 g/mol. The molecular formula is C14H20N2O5. The fourth-order valence-corrected chi connectivity index (χ4v) is 1.73. The number of ether oxygens (including phenoxy) is 1. The second-order valence-electron chi connectivity index (χ2n) is 4.81. The summed E-state index contributed by atoms with van der Waals surface area (Å²) in [7, 11) is 5.10. The first-order chi connectivity index (χ1) is 9.85. The quantitative estimate of drug-likeness (QED) is 0.761. The number of rotatable bonds is 7. The lowest BCUT2D eigenvalue weighted by Gasteiger charge is -2.23. The van der Waals surface area contributed by atoms with Crippen molar-refractivity contribution in [3.8, 4) is 11.5 Å². The molecule has 2 N–H and O–H groups in total. The van der Waals surface area contributed by atoms with Gasteiger partial charge in [-0.3, -0.25) is 9.59 Å². The van der Waals surface area contributed by atoms with Crippen LogP contribution < -0.4 is 4.74 Å². The highest BCUT2D eigenvalue weighted by atomic mass is 16.5. The molecule has 7 nitrogen and oxygen atoms in total. The summed E-state index contributed by atoms with van der Waals surface area (Å²) in [6, 6.07) is 4.27. The molecule has 0 bridgehead atoms. The van der Waals surface area contributed by atoms with Crippen LogP contribution in [0.3, 0.4) is 0 Å². The van der Waals surface area contributed by atoms with Gasteiger partial charge in [-0.1, -0.05) is 0 Å². The molecule has 0 aliphatic rings. The number of carbonyl (C=O) groups is 2. The van der Waals surface area contributed by atoms with Crippen molar-refractivity contribution in [1.82, 2.24) is 9.80 Å². The van der Waals surface area contributed by atoms with E-state index in [1.807, 2.05) is 19.0 Å². The summed E-state index contributed by atoms with van der Waals surface area (Å²) < 4.78 is 4.95. The maximum absolute atomic E-state index is 12.4. The fourth-order valence-electron chi connectivity index (χ4n) is 1.73. The van der Waals surface area contributed by atoms with Crippen molar-refractivity contribution in [2.75, 3.05) is 40.8 Å². The second kappa shape index (κ2) is 7.49. The molecule has 0 fully saturated rings. The van der Waals surface area contributed by atoms with Crippen LogP contribution in [0.1, 0.15) is 10.4 Å². The third-order valence-corrected chi connectivity index (χ3v) is 2.87. The van der Waals surface area contributed by atoms with E-state index in [1.165, 1.54) is 30.2 Å². The lowest BCUT2D eigenvalue weighted by molar-refractivity contribution is -0.137. The van der Waals surface area contributed by atoms with Gasteiger partial charge in [0.25, 0.3) is 5.91 Å². The highest BCUT2D eigenvalue weighted by Crippen LogP contribution is 2.24. The number of phenolic OH excluding ortho intramolecular Hbond substituents is 1. The number of amides is 1. The highest BCUT2D eigenvalue weighted by molar-refractivity contribution is 5.98. The Bertz CT molecular complexity index is 516.